The minimum absolute atomic E-state index is 0.0487. The van der Waals surface area contributed by atoms with Crippen molar-refractivity contribution in [2.45, 2.75) is 100 Å². The average Bonchev–Trinajstić information content (AvgIpc) is 3.88. The number of aromatic nitrogens is 6. The average molecular weight is 842 g/mol. The number of nitrogens with zero attached hydrogens (tertiary/aromatic N) is 10. The first-order chi connectivity index (χ1) is 29.1. The van der Waals surface area contributed by atoms with Gasteiger partial charge in [-0.2, -0.15) is 10.5 Å². The number of hydrogen-bond donors (Lipinski definition) is 2. The van der Waals surface area contributed by atoms with Crippen molar-refractivity contribution in [2.24, 2.45) is 11.5 Å². The Morgan fingerprint density at radius 1 is 0.667 bits per heavy atom. The van der Waals surface area contributed by atoms with Crippen molar-refractivity contribution in [3.8, 4) is 12.1 Å². The lowest BCUT2D eigenvalue weighted by Crippen LogP contribution is -2.54. The first-order valence-corrected chi connectivity index (χ1v) is 20.9. The maximum Gasteiger partial charge on any atom is 0.238 e. The van der Waals surface area contributed by atoms with Gasteiger partial charge in [-0.3, -0.25) is 19.6 Å². The second-order valence-corrected chi connectivity index (χ2v) is 17.1. The van der Waals surface area contributed by atoms with Crippen LogP contribution in [0.2, 0.25) is 10.0 Å². The molecule has 2 aliphatic carbocycles. The molecule has 4 aliphatic rings. The Labute approximate surface area is 356 Å². The molecule has 6 aromatic rings. The number of nitriles is 2. The van der Waals surface area contributed by atoms with Crippen molar-refractivity contribution in [3.63, 3.8) is 0 Å². The van der Waals surface area contributed by atoms with Gasteiger partial charge in [-0.1, -0.05) is 23.2 Å². The van der Waals surface area contributed by atoms with Gasteiger partial charge < -0.3 is 30.4 Å². The minimum Gasteiger partial charge on any atom is -0.328 e. The van der Waals surface area contributed by atoms with E-state index < -0.39 is 10.8 Å². The molecule has 304 valence electrons. The van der Waals surface area contributed by atoms with Crippen LogP contribution in [0.3, 0.4) is 0 Å². The van der Waals surface area contributed by atoms with Crippen LogP contribution in [0, 0.1) is 22.7 Å². The van der Waals surface area contributed by atoms with Crippen LogP contribution in [0.5, 0.6) is 0 Å². The van der Waals surface area contributed by atoms with Crippen molar-refractivity contribution >= 4 is 68.5 Å². The van der Waals surface area contributed by atoms with Gasteiger partial charge in [-0.15, -0.1) is 0 Å². The van der Waals surface area contributed by atoms with Gasteiger partial charge in [0.25, 0.3) is 0 Å². The third-order valence-corrected chi connectivity index (χ3v) is 13.0. The highest BCUT2D eigenvalue weighted by Gasteiger charge is 2.59. The van der Waals surface area contributed by atoms with Gasteiger partial charge in [-0.05, 0) is 98.2 Å². The first kappa shape index (κ1) is 39.6. The van der Waals surface area contributed by atoms with Crippen molar-refractivity contribution < 1.29 is 9.59 Å². The molecule has 2 spiro atoms. The van der Waals surface area contributed by atoms with E-state index in [-0.39, 0.29) is 23.9 Å². The molecule has 4 N–H and O–H groups in total. The van der Waals surface area contributed by atoms with E-state index in [1.54, 1.807) is 34.6 Å². The molecule has 6 heterocycles. The van der Waals surface area contributed by atoms with Crippen molar-refractivity contribution in [1.82, 2.24) is 29.1 Å². The van der Waals surface area contributed by atoms with Crippen LogP contribution in [0.1, 0.15) is 74.1 Å². The molecule has 4 aromatic heterocycles. The highest BCUT2D eigenvalue weighted by atomic mass is 35.5. The number of unbranched alkanes of at least 4 members (excludes halogenated alkanes) is 2. The number of fused-ring (bicyclic) bond motifs is 6. The molecule has 0 bridgehead atoms. The molecule has 16 heteroatoms. The number of halogens is 2. The lowest BCUT2D eigenvalue weighted by molar-refractivity contribution is -0.127. The van der Waals surface area contributed by atoms with Crippen molar-refractivity contribution in [2.75, 3.05) is 9.80 Å². The predicted molar refractivity (Wildman–Crippen MR) is 228 cm³/mol. The van der Waals surface area contributed by atoms with Crippen molar-refractivity contribution in [3.05, 3.63) is 106 Å². The maximum atomic E-state index is 13.5. The third-order valence-electron chi connectivity index (χ3n) is 12.5. The Morgan fingerprint density at radius 2 is 1.08 bits per heavy atom. The molecule has 0 atom stereocenters. The Hall–Kier alpha value is -5.90. The lowest BCUT2D eigenvalue weighted by Gasteiger charge is -2.42. The molecule has 14 nitrogen and oxygen atoms in total. The van der Waals surface area contributed by atoms with Gasteiger partial charge in [-0.25, -0.2) is 9.97 Å². The zero-order valence-electron chi connectivity index (χ0n) is 32.8. The summed E-state index contributed by atoms with van der Waals surface area (Å²) in [5.74, 6) is 1.68. The Bertz CT molecular complexity index is 2570. The monoisotopic (exact) mass is 840 g/mol. The number of amides is 2. The standard InChI is InChI=1S/2C22H21ClN6O/c2*23-14-3-4-18-17(9-14)27-20(28(18)8-2-1-6-24)13-29-19-12-26-7-5-16(19)22(21(29)30)10-15(25)11-22/h2*3-5,7,9,12,15H,1-2,8,10-11,13,25H2. The van der Waals surface area contributed by atoms with Gasteiger partial charge >= 0.3 is 0 Å². The van der Waals surface area contributed by atoms with Crippen LogP contribution < -0.4 is 21.3 Å². The Kier molecular flexibility index (Phi) is 10.3. The SMILES string of the molecule is N#CCCCn1c(CN2C(=O)C3(CC(N)C3)c3ccncc32)nc2cc(Cl)ccc21.N#CCCCn1c(CN2C(=O)C3(CC(N)C3)c3ccncc32)nc2cc(Cl)ccc21. The largest absolute Gasteiger partial charge is 0.328 e. The smallest absolute Gasteiger partial charge is 0.238 e. The van der Waals surface area contributed by atoms with Crippen LogP contribution >= 0.6 is 23.2 Å². The zero-order valence-corrected chi connectivity index (χ0v) is 34.3. The number of anilines is 2. The summed E-state index contributed by atoms with van der Waals surface area (Å²) in [6.07, 6.45) is 12.0. The minimum atomic E-state index is -0.529. The van der Waals surface area contributed by atoms with E-state index in [2.05, 4.69) is 31.2 Å². The van der Waals surface area contributed by atoms with E-state index in [1.807, 2.05) is 48.5 Å². The van der Waals surface area contributed by atoms with Crippen LogP contribution in [0.25, 0.3) is 22.1 Å². The molecule has 2 aromatic carbocycles. The molecule has 60 heavy (non-hydrogen) atoms. The fourth-order valence-corrected chi connectivity index (χ4v) is 10.0. The van der Waals surface area contributed by atoms with Gasteiger partial charge in [0.15, 0.2) is 0 Å². The molecule has 2 aliphatic heterocycles. The summed E-state index contributed by atoms with van der Waals surface area (Å²) in [6.45, 7) is 1.98. The summed E-state index contributed by atoms with van der Waals surface area (Å²) in [6, 6.07) is 19.6. The second kappa shape index (κ2) is 15.6. The summed E-state index contributed by atoms with van der Waals surface area (Å²) in [5.41, 5.74) is 18.2. The highest BCUT2D eigenvalue weighted by Crippen LogP contribution is 2.54. The van der Waals surface area contributed by atoms with E-state index in [0.717, 1.165) is 56.2 Å². The lowest BCUT2D eigenvalue weighted by atomic mass is 9.62. The van der Waals surface area contributed by atoms with Gasteiger partial charge in [0, 0.05) is 60.5 Å². The fourth-order valence-electron chi connectivity index (χ4n) is 9.71. The summed E-state index contributed by atoms with van der Waals surface area (Å²) in [7, 11) is 0. The summed E-state index contributed by atoms with van der Waals surface area (Å²) in [4.78, 5) is 48.7. The van der Waals surface area contributed by atoms with E-state index in [0.29, 0.717) is 87.6 Å². The number of rotatable bonds is 10. The van der Waals surface area contributed by atoms with Gasteiger partial charge in [0.2, 0.25) is 11.8 Å². The quantitative estimate of drug-likeness (QED) is 0.142. The molecule has 2 fully saturated rings. The van der Waals surface area contributed by atoms with Crippen LogP contribution in [-0.2, 0) is 46.6 Å². The molecule has 2 amide bonds. The molecular formula is C44H42Cl2N12O2. The van der Waals surface area contributed by atoms with Crippen LogP contribution in [0.4, 0.5) is 11.4 Å². The third kappa shape index (κ3) is 6.55. The Balaban J connectivity index is 0.000000154. The van der Waals surface area contributed by atoms with E-state index >= 15 is 0 Å². The second-order valence-electron chi connectivity index (χ2n) is 16.2. The topological polar surface area (TPSA) is 202 Å². The van der Waals surface area contributed by atoms with Crippen LogP contribution in [0.15, 0.2) is 73.3 Å². The Morgan fingerprint density at radius 3 is 1.47 bits per heavy atom. The summed E-state index contributed by atoms with van der Waals surface area (Å²) in [5, 5.41) is 19.1. The maximum absolute atomic E-state index is 13.5. The van der Waals surface area contributed by atoms with E-state index in [9.17, 15) is 9.59 Å². The molecule has 10 rings (SSSR count). The first-order valence-electron chi connectivity index (χ1n) is 20.1. The highest BCUT2D eigenvalue weighted by molar-refractivity contribution is 6.31. The summed E-state index contributed by atoms with van der Waals surface area (Å²) >= 11 is 12.3. The number of carbonyl (C=O) groups is 2. The number of hydrogen-bond acceptors (Lipinski definition) is 10. The fraction of sp³-hybridized carbons (Fsp3) is 0.364. The van der Waals surface area contributed by atoms with E-state index in [1.165, 1.54) is 0 Å². The molecule has 2 saturated carbocycles. The zero-order chi connectivity index (χ0) is 41.8. The predicted octanol–water partition coefficient (Wildman–Crippen LogP) is 6.59. The number of pyridine rings is 2. The van der Waals surface area contributed by atoms with Crippen LogP contribution in [-0.4, -0.2) is 53.0 Å². The molecule has 0 saturated heterocycles. The molecular weight excluding hydrogens is 799 g/mol. The number of carbonyl (C=O) groups excluding carboxylic acids is 2. The molecule has 0 unspecified atom stereocenters. The normalized spacial score (nSPS) is 22.4. The number of aryl methyl sites for hydroxylation is 2. The van der Waals surface area contributed by atoms with E-state index in [4.69, 9.17) is 55.2 Å². The summed E-state index contributed by atoms with van der Waals surface area (Å²) < 4.78 is 4.17. The molecule has 0 radical (unpaired) electrons. The number of imidazole rings is 2. The van der Waals surface area contributed by atoms with Gasteiger partial charge in [0.1, 0.15) is 11.6 Å². The number of benzene rings is 2. The van der Waals surface area contributed by atoms with Crippen molar-refractivity contribution in [1.29, 1.82) is 10.5 Å². The van der Waals surface area contributed by atoms with Gasteiger partial charge in [0.05, 0.1) is 81.9 Å². The number of nitrogens with two attached hydrogens (primary N) is 2.